The first-order valence-electron chi connectivity index (χ1n) is 29.1. The molecule has 0 aliphatic heterocycles. The molecule has 0 aromatic carbocycles. The van der Waals surface area contributed by atoms with Crippen molar-refractivity contribution in [3.05, 3.63) is 134 Å². The highest BCUT2D eigenvalue weighted by Crippen LogP contribution is 2.43. The van der Waals surface area contributed by atoms with Crippen molar-refractivity contribution in [2.75, 3.05) is 26.4 Å². The Morgan fingerprint density at radius 2 is 0.711 bits per heavy atom. The molecule has 3 unspecified atom stereocenters. The van der Waals surface area contributed by atoms with E-state index in [0.717, 1.165) is 83.5 Å². The highest BCUT2D eigenvalue weighted by Gasteiger charge is 2.28. The number of aliphatic hydroxyl groups is 1. The van der Waals surface area contributed by atoms with Gasteiger partial charge in [-0.1, -0.05) is 231 Å². The van der Waals surface area contributed by atoms with Gasteiger partial charge in [-0.2, -0.15) is 0 Å². The van der Waals surface area contributed by atoms with Crippen LogP contribution in [0.2, 0.25) is 0 Å². The third-order valence-electron chi connectivity index (χ3n) is 11.6. The number of allylic oxidation sites excluding steroid dienone is 22. The van der Waals surface area contributed by atoms with Crippen LogP contribution in [-0.4, -0.2) is 66.5 Å². The Balaban J connectivity index is 4.89. The smallest absolute Gasteiger partial charge is 0.462 e. The molecule has 0 heterocycles. The van der Waals surface area contributed by atoms with Crippen molar-refractivity contribution in [2.24, 2.45) is 0 Å². The minimum absolute atomic E-state index is 0.0325. The van der Waals surface area contributed by atoms with Crippen molar-refractivity contribution in [2.45, 2.75) is 226 Å². The number of esters is 3. The molecular formula is C64H103O11P. The quantitative estimate of drug-likeness (QED) is 0.0197. The molecule has 11 nitrogen and oxygen atoms in total. The Hall–Kier alpha value is -4.38. The summed E-state index contributed by atoms with van der Waals surface area (Å²) in [5.74, 6) is -1.64. The van der Waals surface area contributed by atoms with Crippen LogP contribution in [0.25, 0.3) is 0 Å². The highest BCUT2D eigenvalue weighted by atomic mass is 31.2. The van der Waals surface area contributed by atoms with Crippen molar-refractivity contribution in [3.8, 4) is 0 Å². The van der Waals surface area contributed by atoms with Crippen LogP contribution >= 0.6 is 7.82 Å². The first kappa shape index (κ1) is 71.6. The van der Waals surface area contributed by atoms with Gasteiger partial charge in [0.25, 0.3) is 0 Å². The summed E-state index contributed by atoms with van der Waals surface area (Å²) >= 11 is 0. The maximum Gasteiger partial charge on any atom is 0.472 e. The zero-order valence-corrected chi connectivity index (χ0v) is 48.3. The molecule has 3 atom stereocenters. The second-order valence-electron chi connectivity index (χ2n) is 18.7. The van der Waals surface area contributed by atoms with Gasteiger partial charge in [0.05, 0.1) is 19.8 Å². The molecule has 0 aliphatic rings. The number of unbranched alkanes of at least 4 members (excludes halogenated alkanes) is 13. The molecule has 0 aromatic heterocycles. The molecule has 0 radical (unpaired) electrons. The van der Waals surface area contributed by atoms with Gasteiger partial charge in [-0.15, -0.1) is 0 Å². The zero-order valence-electron chi connectivity index (χ0n) is 47.4. The third kappa shape index (κ3) is 54.4. The SMILES string of the molecule is CC/C=C\C/C=C\C/C=C\C/C=C\C/C=C\C/C=C\CCC(=O)OC(COC(=O)CCCCCCCCCCCCCCC)COP(=O)(O)OCC(CO)OC(=O)CCC/C=C\C/C=C\C/C=C\C/C=C\C/C=C\CC. The number of phosphoric ester groups is 1. The van der Waals surface area contributed by atoms with Crippen LogP contribution in [0, 0.1) is 0 Å². The number of hydrogen-bond donors (Lipinski definition) is 2. The molecule has 12 heteroatoms. The predicted molar refractivity (Wildman–Crippen MR) is 316 cm³/mol. The standard InChI is InChI=1S/C64H103O11P/c1-4-7-10-13-16-19-22-25-27-29-30-32-34-37-40-43-46-49-52-55-64(68)75-61(57-71-62(66)53-50-47-44-41-38-35-24-21-18-15-12-9-6-3)59-73-76(69,70)72-58-60(56-65)74-63(67)54-51-48-45-42-39-36-33-31-28-26-23-20-17-14-11-8-5-2/h7-8,10-11,16-17,19-20,25-28,30,32-33,36-37,40,42,45-46,49,60-61,65H,4-6,9,12-15,18,21-24,29,31,34-35,38-39,41,43-44,47-48,50-59H2,1-3H3,(H,69,70)/b10-7-,11-8-,19-16-,20-17-,27-25-,28-26-,32-30-,36-33-,40-37-,45-42-,49-46-. The molecule has 0 fully saturated rings. The number of phosphoric acid groups is 1. The molecule has 0 aromatic rings. The Kier molecular flexibility index (Phi) is 53.5. The summed E-state index contributed by atoms with van der Waals surface area (Å²) in [6.07, 6.45) is 71.5. The Bertz CT molecular complexity index is 1780. The van der Waals surface area contributed by atoms with Crippen LogP contribution in [-0.2, 0) is 42.2 Å². The monoisotopic (exact) mass is 1080 g/mol. The number of hydrogen-bond acceptors (Lipinski definition) is 10. The molecule has 0 aliphatic carbocycles. The van der Waals surface area contributed by atoms with E-state index < -0.39 is 57.8 Å². The first-order chi connectivity index (χ1) is 37.2. The summed E-state index contributed by atoms with van der Waals surface area (Å²) in [5.41, 5.74) is 0. The molecule has 0 rings (SSSR count). The van der Waals surface area contributed by atoms with Gasteiger partial charge in [-0.25, -0.2) is 4.57 Å². The summed E-state index contributed by atoms with van der Waals surface area (Å²) in [7, 11) is -4.79. The number of carbonyl (C=O) groups excluding carboxylic acids is 3. The van der Waals surface area contributed by atoms with E-state index in [1.165, 1.54) is 57.8 Å². The van der Waals surface area contributed by atoms with Gasteiger partial charge in [0.15, 0.2) is 6.10 Å². The van der Waals surface area contributed by atoms with E-state index >= 15 is 0 Å². The lowest BCUT2D eigenvalue weighted by Gasteiger charge is -2.21. The van der Waals surface area contributed by atoms with Crippen molar-refractivity contribution < 1.29 is 52.2 Å². The molecule has 2 N–H and O–H groups in total. The number of rotatable bonds is 52. The summed E-state index contributed by atoms with van der Waals surface area (Å²) in [6, 6.07) is 0. The van der Waals surface area contributed by atoms with E-state index in [9.17, 15) is 28.9 Å². The lowest BCUT2D eigenvalue weighted by molar-refractivity contribution is -0.161. The normalized spacial score (nSPS) is 14.3. The minimum Gasteiger partial charge on any atom is -0.462 e. The number of aliphatic hydroxyl groups excluding tert-OH is 1. The van der Waals surface area contributed by atoms with Gasteiger partial charge in [-0.05, 0) is 96.3 Å². The molecule has 0 amide bonds. The molecular weight excluding hydrogens is 976 g/mol. The predicted octanol–water partition coefficient (Wildman–Crippen LogP) is 17.4. The van der Waals surface area contributed by atoms with Crippen LogP contribution in [0.4, 0.5) is 0 Å². The molecule has 0 spiro atoms. The fourth-order valence-electron chi connectivity index (χ4n) is 7.24. The lowest BCUT2D eigenvalue weighted by atomic mass is 10.0. The molecule has 0 saturated heterocycles. The zero-order chi connectivity index (χ0) is 55.5. The maximum absolute atomic E-state index is 12.9. The summed E-state index contributed by atoms with van der Waals surface area (Å²) in [6.45, 7) is 4.25. The minimum atomic E-state index is -4.79. The van der Waals surface area contributed by atoms with Crippen LogP contribution in [0.15, 0.2) is 134 Å². The first-order valence-corrected chi connectivity index (χ1v) is 30.6. The van der Waals surface area contributed by atoms with Crippen LogP contribution in [0.5, 0.6) is 0 Å². The number of carbonyl (C=O) groups is 3. The Labute approximate surface area is 461 Å². The van der Waals surface area contributed by atoms with Gasteiger partial charge in [0.1, 0.15) is 12.7 Å². The topological polar surface area (TPSA) is 155 Å². The van der Waals surface area contributed by atoms with Crippen molar-refractivity contribution >= 4 is 25.7 Å². The molecule has 76 heavy (non-hydrogen) atoms. The second-order valence-corrected chi connectivity index (χ2v) is 20.1. The molecule has 0 bridgehead atoms. The Morgan fingerprint density at radius 3 is 1.12 bits per heavy atom. The largest absolute Gasteiger partial charge is 0.472 e. The summed E-state index contributed by atoms with van der Waals surface area (Å²) < 4.78 is 39.4. The van der Waals surface area contributed by atoms with Gasteiger partial charge < -0.3 is 24.2 Å². The van der Waals surface area contributed by atoms with Crippen LogP contribution < -0.4 is 0 Å². The number of ether oxygens (including phenoxy) is 3. The van der Waals surface area contributed by atoms with E-state index in [2.05, 4.69) is 130 Å². The van der Waals surface area contributed by atoms with Crippen molar-refractivity contribution in [3.63, 3.8) is 0 Å². The second kappa shape index (κ2) is 56.8. The van der Waals surface area contributed by atoms with E-state index in [1.807, 2.05) is 24.3 Å². The van der Waals surface area contributed by atoms with Gasteiger partial charge in [0, 0.05) is 19.3 Å². The Morgan fingerprint density at radius 1 is 0.382 bits per heavy atom. The van der Waals surface area contributed by atoms with Gasteiger partial charge >= 0.3 is 25.7 Å². The van der Waals surface area contributed by atoms with Gasteiger partial charge in [-0.3, -0.25) is 23.4 Å². The third-order valence-corrected chi connectivity index (χ3v) is 12.5. The average molecular weight is 1080 g/mol. The molecule has 0 saturated carbocycles. The fourth-order valence-corrected chi connectivity index (χ4v) is 8.02. The summed E-state index contributed by atoms with van der Waals surface area (Å²) in [4.78, 5) is 48.5. The van der Waals surface area contributed by atoms with Crippen LogP contribution in [0.1, 0.15) is 213 Å². The molecule has 430 valence electrons. The van der Waals surface area contributed by atoms with Crippen molar-refractivity contribution in [1.29, 1.82) is 0 Å². The van der Waals surface area contributed by atoms with E-state index in [0.29, 0.717) is 32.1 Å². The van der Waals surface area contributed by atoms with E-state index in [1.54, 1.807) is 0 Å². The van der Waals surface area contributed by atoms with E-state index in [4.69, 9.17) is 23.3 Å². The lowest BCUT2D eigenvalue weighted by Crippen LogP contribution is -2.30. The average Bonchev–Trinajstić information content (AvgIpc) is 3.41. The highest BCUT2D eigenvalue weighted by molar-refractivity contribution is 7.47. The van der Waals surface area contributed by atoms with Crippen LogP contribution in [0.3, 0.4) is 0 Å². The van der Waals surface area contributed by atoms with Crippen molar-refractivity contribution in [1.82, 2.24) is 0 Å². The van der Waals surface area contributed by atoms with E-state index in [-0.39, 0.29) is 25.9 Å². The fraction of sp³-hybridized carbons (Fsp3) is 0.609. The maximum atomic E-state index is 12.9. The van der Waals surface area contributed by atoms with Gasteiger partial charge in [0.2, 0.25) is 0 Å². The summed E-state index contributed by atoms with van der Waals surface area (Å²) in [5, 5.41) is 9.81.